The second kappa shape index (κ2) is 6.27. The molecule has 0 saturated heterocycles. The molecular weight excluding hydrogens is 230 g/mol. The number of carbonyl (C=O) groups is 1. The Hall–Kier alpha value is -1.36. The zero-order chi connectivity index (χ0) is 12.0. The van der Waals surface area contributed by atoms with Crippen LogP contribution in [0.15, 0.2) is 6.33 Å². The molecule has 0 aliphatic carbocycles. The van der Waals surface area contributed by atoms with Crippen molar-refractivity contribution in [3.05, 3.63) is 17.0 Å². The summed E-state index contributed by atoms with van der Waals surface area (Å²) in [7, 11) is 0. The topological polar surface area (TPSA) is 89.1 Å². The lowest BCUT2D eigenvalue weighted by Crippen LogP contribution is -2.01. The molecule has 6 heteroatoms. The van der Waals surface area contributed by atoms with Gasteiger partial charge in [-0.25, -0.2) is 9.97 Å². The van der Waals surface area contributed by atoms with Crippen LogP contribution in [0, 0.1) is 0 Å². The maximum atomic E-state index is 10.3. The highest BCUT2D eigenvalue weighted by Crippen LogP contribution is 2.19. The quantitative estimate of drug-likeness (QED) is 0.588. The Bertz CT molecular complexity index is 351. The molecule has 0 aliphatic rings. The molecule has 0 aliphatic heterocycles. The molecule has 0 atom stereocenters. The van der Waals surface area contributed by atoms with Gasteiger partial charge in [0.2, 0.25) is 0 Å². The fraction of sp³-hybridized carbons (Fsp3) is 0.500. The van der Waals surface area contributed by atoms with Crippen molar-refractivity contribution in [2.75, 3.05) is 5.73 Å². The molecule has 0 aromatic carbocycles. The first-order valence-corrected chi connectivity index (χ1v) is 5.45. The fourth-order valence-electron chi connectivity index (χ4n) is 1.39. The average molecular weight is 244 g/mol. The molecule has 3 N–H and O–H groups in total. The van der Waals surface area contributed by atoms with Gasteiger partial charge in [-0.05, 0) is 19.3 Å². The molecule has 1 heterocycles. The Labute approximate surface area is 98.7 Å². The van der Waals surface area contributed by atoms with Gasteiger partial charge in [0.15, 0.2) is 0 Å². The van der Waals surface area contributed by atoms with Crippen molar-refractivity contribution in [3.8, 4) is 0 Å². The smallest absolute Gasteiger partial charge is 0.303 e. The number of aliphatic carboxylic acids is 1. The van der Waals surface area contributed by atoms with Gasteiger partial charge in [-0.15, -0.1) is 0 Å². The summed E-state index contributed by atoms with van der Waals surface area (Å²) >= 11 is 5.87. The fourth-order valence-corrected chi connectivity index (χ4v) is 1.62. The minimum absolute atomic E-state index is 0.203. The minimum Gasteiger partial charge on any atom is -0.481 e. The maximum absolute atomic E-state index is 10.3. The average Bonchev–Trinajstić information content (AvgIpc) is 2.21. The molecule has 5 nitrogen and oxygen atoms in total. The number of halogens is 1. The van der Waals surface area contributed by atoms with E-state index in [9.17, 15) is 4.79 Å². The van der Waals surface area contributed by atoms with E-state index in [1.54, 1.807) is 0 Å². The number of hydrogen-bond acceptors (Lipinski definition) is 4. The number of hydrogen-bond donors (Lipinski definition) is 2. The standard InChI is InChI=1S/C10H14ClN3O2/c11-9-7(10(12)14-6-13-9)4-2-1-3-5-8(15)16/h6H,1-5H2,(H,15,16)(H2,12,13,14). The minimum atomic E-state index is -0.763. The Balaban J connectivity index is 2.34. The van der Waals surface area contributed by atoms with E-state index >= 15 is 0 Å². The van der Waals surface area contributed by atoms with E-state index in [0.717, 1.165) is 18.4 Å². The van der Waals surface area contributed by atoms with E-state index in [1.165, 1.54) is 6.33 Å². The summed E-state index contributed by atoms with van der Waals surface area (Å²) < 4.78 is 0. The number of carboxylic acids is 1. The van der Waals surface area contributed by atoms with Gasteiger partial charge in [-0.3, -0.25) is 4.79 Å². The second-order valence-electron chi connectivity index (χ2n) is 3.48. The summed E-state index contributed by atoms with van der Waals surface area (Å²) in [6.07, 6.45) is 4.55. The third-order valence-corrected chi connectivity index (χ3v) is 2.57. The van der Waals surface area contributed by atoms with Crippen molar-refractivity contribution in [1.29, 1.82) is 0 Å². The largest absolute Gasteiger partial charge is 0.481 e. The number of unbranched alkanes of at least 4 members (excludes halogenated alkanes) is 2. The van der Waals surface area contributed by atoms with Gasteiger partial charge in [0.05, 0.1) is 0 Å². The SMILES string of the molecule is Nc1ncnc(Cl)c1CCCCCC(=O)O. The lowest BCUT2D eigenvalue weighted by Gasteiger charge is -2.05. The zero-order valence-electron chi connectivity index (χ0n) is 8.82. The summed E-state index contributed by atoms with van der Waals surface area (Å²) in [6.45, 7) is 0. The van der Waals surface area contributed by atoms with Crippen molar-refractivity contribution in [2.24, 2.45) is 0 Å². The van der Waals surface area contributed by atoms with Crippen molar-refractivity contribution < 1.29 is 9.90 Å². The predicted octanol–water partition coefficient (Wildman–Crippen LogP) is 1.90. The van der Waals surface area contributed by atoms with Crippen molar-refractivity contribution in [1.82, 2.24) is 9.97 Å². The second-order valence-corrected chi connectivity index (χ2v) is 3.84. The van der Waals surface area contributed by atoms with Crippen LogP contribution in [-0.2, 0) is 11.2 Å². The summed E-state index contributed by atoms with van der Waals surface area (Å²) in [6, 6.07) is 0. The third-order valence-electron chi connectivity index (χ3n) is 2.24. The first-order chi connectivity index (χ1) is 7.61. The van der Waals surface area contributed by atoms with Gasteiger partial charge in [0.25, 0.3) is 0 Å². The van der Waals surface area contributed by atoms with Gasteiger partial charge in [-0.2, -0.15) is 0 Å². The number of carboxylic acid groups (broad SMARTS) is 1. The summed E-state index contributed by atoms with van der Waals surface area (Å²) in [5.41, 5.74) is 6.40. The van der Waals surface area contributed by atoms with E-state index in [0.29, 0.717) is 23.8 Å². The highest BCUT2D eigenvalue weighted by atomic mass is 35.5. The van der Waals surface area contributed by atoms with Gasteiger partial charge in [0, 0.05) is 12.0 Å². The van der Waals surface area contributed by atoms with E-state index in [2.05, 4.69) is 9.97 Å². The van der Waals surface area contributed by atoms with Crippen molar-refractivity contribution in [3.63, 3.8) is 0 Å². The summed E-state index contributed by atoms with van der Waals surface area (Å²) in [4.78, 5) is 18.0. The summed E-state index contributed by atoms with van der Waals surface area (Å²) in [5.74, 6) is -0.362. The van der Waals surface area contributed by atoms with Crippen molar-refractivity contribution >= 4 is 23.4 Å². The maximum Gasteiger partial charge on any atom is 0.303 e. The Morgan fingerprint density at radius 1 is 1.38 bits per heavy atom. The number of nitrogens with two attached hydrogens (primary N) is 1. The Morgan fingerprint density at radius 2 is 2.12 bits per heavy atom. The molecule has 0 radical (unpaired) electrons. The monoisotopic (exact) mass is 243 g/mol. The first-order valence-electron chi connectivity index (χ1n) is 5.08. The molecule has 0 bridgehead atoms. The molecule has 0 unspecified atom stereocenters. The molecule has 1 aromatic rings. The highest BCUT2D eigenvalue weighted by Gasteiger charge is 2.06. The lowest BCUT2D eigenvalue weighted by molar-refractivity contribution is -0.137. The molecule has 0 amide bonds. The number of rotatable bonds is 6. The van der Waals surface area contributed by atoms with E-state index in [-0.39, 0.29) is 6.42 Å². The van der Waals surface area contributed by atoms with E-state index < -0.39 is 5.97 Å². The third kappa shape index (κ3) is 4.02. The van der Waals surface area contributed by atoms with Crippen LogP contribution in [-0.4, -0.2) is 21.0 Å². The van der Waals surface area contributed by atoms with Crippen LogP contribution in [0.25, 0.3) is 0 Å². The van der Waals surface area contributed by atoms with Crippen LogP contribution >= 0.6 is 11.6 Å². The molecule has 16 heavy (non-hydrogen) atoms. The predicted molar refractivity (Wildman–Crippen MR) is 61.3 cm³/mol. The first kappa shape index (κ1) is 12.7. The number of nitrogen functional groups attached to an aromatic ring is 1. The Morgan fingerprint density at radius 3 is 2.75 bits per heavy atom. The van der Waals surface area contributed by atoms with E-state index in [1.807, 2.05) is 0 Å². The van der Waals surface area contributed by atoms with Crippen LogP contribution < -0.4 is 5.73 Å². The number of nitrogens with zero attached hydrogens (tertiary/aromatic N) is 2. The molecule has 0 fully saturated rings. The van der Waals surface area contributed by atoms with Crippen LogP contribution in [0.4, 0.5) is 5.82 Å². The number of aromatic nitrogens is 2. The van der Waals surface area contributed by atoms with Crippen LogP contribution in [0.2, 0.25) is 5.15 Å². The van der Waals surface area contributed by atoms with Gasteiger partial charge < -0.3 is 10.8 Å². The van der Waals surface area contributed by atoms with Crippen molar-refractivity contribution in [2.45, 2.75) is 32.1 Å². The van der Waals surface area contributed by atoms with Crippen LogP contribution in [0.3, 0.4) is 0 Å². The number of anilines is 1. The van der Waals surface area contributed by atoms with E-state index in [4.69, 9.17) is 22.4 Å². The van der Waals surface area contributed by atoms with Gasteiger partial charge in [0.1, 0.15) is 17.3 Å². The molecule has 88 valence electrons. The lowest BCUT2D eigenvalue weighted by atomic mass is 10.1. The van der Waals surface area contributed by atoms with Gasteiger partial charge >= 0.3 is 5.97 Å². The van der Waals surface area contributed by atoms with Crippen LogP contribution in [0.1, 0.15) is 31.2 Å². The summed E-state index contributed by atoms with van der Waals surface area (Å²) in [5, 5.41) is 8.84. The molecule has 0 saturated carbocycles. The molecule has 0 spiro atoms. The Kier molecular flexibility index (Phi) is 4.98. The normalized spacial score (nSPS) is 10.3. The zero-order valence-corrected chi connectivity index (χ0v) is 9.57. The highest BCUT2D eigenvalue weighted by molar-refractivity contribution is 6.30. The molecule has 1 aromatic heterocycles. The molecular formula is C10H14ClN3O2. The molecule has 1 rings (SSSR count). The van der Waals surface area contributed by atoms with Gasteiger partial charge in [-0.1, -0.05) is 18.0 Å². The van der Waals surface area contributed by atoms with Crippen LogP contribution in [0.5, 0.6) is 0 Å².